The van der Waals surface area contributed by atoms with Crippen LogP contribution in [0.15, 0.2) is 12.1 Å². The molecule has 11 heavy (non-hydrogen) atoms. The van der Waals surface area contributed by atoms with E-state index >= 15 is 0 Å². The molecular formula is C6H3Cl2N3. The van der Waals surface area contributed by atoms with E-state index in [1.807, 2.05) is 0 Å². The van der Waals surface area contributed by atoms with Crippen molar-refractivity contribution in [1.82, 2.24) is 15.4 Å². The monoisotopic (exact) mass is 187 g/mol. The first-order valence-electron chi connectivity index (χ1n) is 2.94. The van der Waals surface area contributed by atoms with Crippen LogP contribution in [0.3, 0.4) is 0 Å². The fraction of sp³-hybridized carbons (Fsp3) is 0. The van der Waals surface area contributed by atoms with E-state index in [0.29, 0.717) is 21.1 Å². The SMILES string of the molecule is Clc1ccc(Cl)c2[nH]nnc12. The van der Waals surface area contributed by atoms with Gasteiger partial charge in [-0.1, -0.05) is 28.4 Å². The van der Waals surface area contributed by atoms with E-state index in [0.717, 1.165) is 0 Å². The van der Waals surface area contributed by atoms with Gasteiger partial charge >= 0.3 is 0 Å². The first-order chi connectivity index (χ1) is 5.29. The molecule has 1 N–H and O–H groups in total. The Morgan fingerprint density at radius 2 is 1.91 bits per heavy atom. The van der Waals surface area contributed by atoms with Gasteiger partial charge in [-0.05, 0) is 12.1 Å². The maximum Gasteiger partial charge on any atom is 0.133 e. The fourth-order valence-corrected chi connectivity index (χ4v) is 1.26. The number of benzene rings is 1. The molecule has 1 aromatic heterocycles. The van der Waals surface area contributed by atoms with Crippen LogP contribution in [0.1, 0.15) is 0 Å². The molecule has 2 aromatic rings. The van der Waals surface area contributed by atoms with Crippen LogP contribution in [0, 0.1) is 0 Å². The van der Waals surface area contributed by atoms with Crippen LogP contribution < -0.4 is 0 Å². The van der Waals surface area contributed by atoms with Gasteiger partial charge in [0.25, 0.3) is 0 Å². The van der Waals surface area contributed by atoms with Crippen molar-refractivity contribution in [2.45, 2.75) is 0 Å². The summed E-state index contributed by atoms with van der Waals surface area (Å²) in [5.74, 6) is 0. The Bertz CT molecular complexity index is 360. The third-order valence-corrected chi connectivity index (χ3v) is 2.01. The minimum absolute atomic E-state index is 0.554. The van der Waals surface area contributed by atoms with Crippen molar-refractivity contribution >= 4 is 34.2 Å². The van der Waals surface area contributed by atoms with Crippen LogP contribution in [0.4, 0.5) is 0 Å². The van der Waals surface area contributed by atoms with Crippen LogP contribution in [-0.2, 0) is 0 Å². The third kappa shape index (κ3) is 0.968. The normalized spacial score (nSPS) is 10.7. The second-order valence-electron chi connectivity index (χ2n) is 2.06. The molecule has 3 nitrogen and oxygen atoms in total. The van der Waals surface area contributed by atoms with Crippen molar-refractivity contribution in [2.75, 3.05) is 0 Å². The first kappa shape index (κ1) is 6.88. The van der Waals surface area contributed by atoms with Crippen molar-refractivity contribution in [3.63, 3.8) is 0 Å². The predicted molar refractivity (Wildman–Crippen MR) is 43.9 cm³/mol. The highest BCUT2D eigenvalue weighted by molar-refractivity contribution is 6.39. The molecule has 0 aliphatic heterocycles. The van der Waals surface area contributed by atoms with Gasteiger partial charge in [0.15, 0.2) is 0 Å². The first-order valence-corrected chi connectivity index (χ1v) is 3.69. The van der Waals surface area contributed by atoms with Crippen LogP contribution in [0.2, 0.25) is 10.0 Å². The molecule has 0 bridgehead atoms. The fourth-order valence-electron chi connectivity index (χ4n) is 0.870. The Kier molecular flexibility index (Phi) is 1.47. The average molecular weight is 188 g/mol. The van der Waals surface area contributed by atoms with Gasteiger partial charge in [0, 0.05) is 0 Å². The van der Waals surface area contributed by atoms with E-state index in [2.05, 4.69) is 15.4 Å². The number of halogens is 2. The second-order valence-corrected chi connectivity index (χ2v) is 2.88. The lowest BCUT2D eigenvalue weighted by molar-refractivity contribution is 0.959. The summed E-state index contributed by atoms with van der Waals surface area (Å²) in [7, 11) is 0. The minimum Gasteiger partial charge on any atom is -0.256 e. The molecule has 0 amide bonds. The van der Waals surface area contributed by atoms with Gasteiger partial charge in [-0.2, -0.15) is 0 Å². The van der Waals surface area contributed by atoms with E-state index in [1.165, 1.54) is 0 Å². The van der Waals surface area contributed by atoms with Crippen molar-refractivity contribution in [3.8, 4) is 0 Å². The minimum atomic E-state index is 0.554. The molecule has 5 heteroatoms. The number of nitrogens with zero attached hydrogens (tertiary/aromatic N) is 2. The Labute approximate surface area is 72.3 Å². The molecule has 0 radical (unpaired) electrons. The number of hydrogen-bond donors (Lipinski definition) is 1. The maximum absolute atomic E-state index is 5.80. The predicted octanol–water partition coefficient (Wildman–Crippen LogP) is 2.26. The molecule has 2 rings (SSSR count). The largest absolute Gasteiger partial charge is 0.256 e. The van der Waals surface area contributed by atoms with Crippen LogP contribution in [0.25, 0.3) is 11.0 Å². The Balaban J connectivity index is 2.96. The van der Waals surface area contributed by atoms with Gasteiger partial charge < -0.3 is 0 Å². The zero-order valence-corrected chi connectivity index (χ0v) is 6.82. The molecular weight excluding hydrogens is 185 g/mol. The summed E-state index contributed by atoms with van der Waals surface area (Å²) >= 11 is 11.6. The standard InChI is InChI=1S/C6H3Cl2N3/c7-3-1-2-4(8)6-5(3)9-11-10-6/h1-2H,(H,9,10,11). The Morgan fingerprint density at radius 1 is 1.18 bits per heavy atom. The number of hydrogen-bond acceptors (Lipinski definition) is 2. The summed E-state index contributed by atoms with van der Waals surface area (Å²) < 4.78 is 0. The summed E-state index contributed by atoms with van der Waals surface area (Å²) in [4.78, 5) is 0. The zero-order chi connectivity index (χ0) is 7.84. The molecule has 56 valence electrons. The van der Waals surface area contributed by atoms with E-state index in [-0.39, 0.29) is 0 Å². The number of fused-ring (bicyclic) bond motifs is 1. The molecule has 0 aliphatic carbocycles. The zero-order valence-electron chi connectivity index (χ0n) is 5.31. The number of aromatic nitrogens is 3. The molecule has 0 unspecified atom stereocenters. The molecule has 0 fully saturated rings. The maximum atomic E-state index is 5.80. The molecule has 0 saturated carbocycles. The van der Waals surface area contributed by atoms with Crippen molar-refractivity contribution in [2.24, 2.45) is 0 Å². The number of aromatic amines is 1. The van der Waals surface area contributed by atoms with Gasteiger partial charge in [0.1, 0.15) is 11.0 Å². The van der Waals surface area contributed by atoms with Gasteiger partial charge in [0.2, 0.25) is 0 Å². The number of rotatable bonds is 0. The number of H-pyrrole nitrogens is 1. The highest BCUT2D eigenvalue weighted by Crippen LogP contribution is 2.25. The highest BCUT2D eigenvalue weighted by atomic mass is 35.5. The summed E-state index contributed by atoms with van der Waals surface area (Å²) in [6.07, 6.45) is 0. The highest BCUT2D eigenvalue weighted by Gasteiger charge is 2.05. The lowest BCUT2D eigenvalue weighted by Gasteiger charge is -1.91. The third-order valence-electron chi connectivity index (χ3n) is 1.39. The molecule has 0 aliphatic rings. The van der Waals surface area contributed by atoms with Gasteiger partial charge in [-0.3, -0.25) is 5.10 Å². The number of nitrogens with one attached hydrogen (secondary N) is 1. The van der Waals surface area contributed by atoms with E-state index in [9.17, 15) is 0 Å². The summed E-state index contributed by atoms with van der Waals surface area (Å²) in [5.41, 5.74) is 1.29. The second kappa shape index (κ2) is 2.36. The molecule has 0 saturated heterocycles. The molecule has 0 spiro atoms. The summed E-state index contributed by atoms with van der Waals surface area (Å²) in [6, 6.07) is 3.39. The van der Waals surface area contributed by atoms with Crippen LogP contribution in [-0.4, -0.2) is 15.4 Å². The lowest BCUT2D eigenvalue weighted by atomic mass is 10.3. The van der Waals surface area contributed by atoms with Gasteiger partial charge in [-0.15, -0.1) is 5.10 Å². The molecule has 0 atom stereocenters. The topological polar surface area (TPSA) is 41.6 Å². The van der Waals surface area contributed by atoms with Crippen LogP contribution >= 0.6 is 23.2 Å². The van der Waals surface area contributed by atoms with E-state index in [1.54, 1.807) is 12.1 Å². The summed E-state index contributed by atoms with van der Waals surface area (Å²) in [5, 5.41) is 11.1. The Hall–Kier alpha value is -0.800. The van der Waals surface area contributed by atoms with Gasteiger partial charge in [-0.25, -0.2) is 0 Å². The van der Waals surface area contributed by atoms with Crippen molar-refractivity contribution in [1.29, 1.82) is 0 Å². The average Bonchev–Trinajstić information content (AvgIpc) is 2.45. The van der Waals surface area contributed by atoms with Crippen molar-refractivity contribution in [3.05, 3.63) is 22.2 Å². The lowest BCUT2D eigenvalue weighted by Crippen LogP contribution is -1.72. The van der Waals surface area contributed by atoms with E-state index < -0.39 is 0 Å². The smallest absolute Gasteiger partial charge is 0.133 e. The van der Waals surface area contributed by atoms with Gasteiger partial charge in [0.05, 0.1) is 10.0 Å². The molecule has 1 heterocycles. The van der Waals surface area contributed by atoms with E-state index in [4.69, 9.17) is 23.2 Å². The molecule has 1 aromatic carbocycles. The Morgan fingerprint density at radius 3 is 2.64 bits per heavy atom. The summed E-state index contributed by atoms with van der Waals surface area (Å²) in [6.45, 7) is 0. The van der Waals surface area contributed by atoms with Crippen LogP contribution in [0.5, 0.6) is 0 Å². The quantitative estimate of drug-likeness (QED) is 0.688. The van der Waals surface area contributed by atoms with Crippen molar-refractivity contribution < 1.29 is 0 Å².